The molecule has 2 aromatic carbocycles. The van der Waals surface area contributed by atoms with Gasteiger partial charge in [0.2, 0.25) is 11.8 Å². The lowest BCUT2D eigenvalue weighted by molar-refractivity contribution is -0.126. The van der Waals surface area contributed by atoms with Crippen LogP contribution in [-0.2, 0) is 29.1 Å². The number of carbonyl (C=O) groups is 2. The third kappa shape index (κ3) is 4.59. The van der Waals surface area contributed by atoms with Gasteiger partial charge in [-0.3, -0.25) is 14.3 Å². The van der Waals surface area contributed by atoms with Gasteiger partial charge in [0, 0.05) is 37.6 Å². The quantitative estimate of drug-likeness (QED) is 0.660. The molecule has 30 heavy (non-hydrogen) atoms. The highest BCUT2D eigenvalue weighted by Gasteiger charge is 2.34. The Bertz CT molecular complexity index is 1010. The van der Waals surface area contributed by atoms with Crippen LogP contribution < -0.4 is 10.2 Å². The molecule has 0 radical (unpaired) electrons. The fraction of sp³-hybridized carbons (Fsp3) is 0.292. The molecule has 154 valence electrons. The zero-order valence-electron chi connectivity index (χ0n) is 17.1. The van der Waals surface area contributed by atoms with Gasteiger partial charge in [0.15, 0.2) is 0 Å². The van der Waals surface area contributed by atoms with Gasteiger partial charge in [-0.25, -0.2) is 0 Å². The molecule has 6 nitrogen and oxygen atoms in total. The molecule has 1 fully saturated rings. The number of aryl methyl sites for hydroxylation is 1. The zero-order valence-corrected chi connectivity index (χ0v) is 17.1. The van der Waals surface area contributed by atoms with Crippen LogP contribution in [0.1, 0.15) is 30.0 Å². The molecule has 1 aromatic heterocycles. The molecule has 0 saturated carbocycles. The molecule has 0 spiro atoms. The summed E-state index contributed by atoms with van der Waals surface area (Å²) in [7, 11) is 0. The number of hydrogen-bond acceptors (Lipinski definition) is 3. The molecular weight excluding hydrogens is 376 g/mol. The summed E-state index contributed by atoms with van der Waals surface area (Å²) >= 11 is 0. The van der Waals surface area contributed by atoms with Gasteiger partial charge in [0.1, 0.15) is 0 Å². The van der Waals surface area contributed by atoms with E-state index in [4.69, 9.17) is 0 Å². The minimum atomic E-state index is -0.324. The minimum absolute atomic E-state index is 0.000573. The Morgan fingerprint density at radius 1 is 1.10 bits per heavy atom. The number of hydrogen-bond donors (Lipinski definition) is 1. The first-order chi connectivity index (χ1) is 14.6. The summed E-state index contributed by atoms with van der Waals surface area (Å²) < 4.78 is 1.86. The molecule has 2 heterocycles. The number of benzene rings is 2. The lowest BCUT2D eigenvalue weighted by Gasteiger charge is -2.17. The standard InChI is InChI=1S/C24H26N4O2/c1-2-18-7-9-22(10-8-18)28-17-21(14-23(28)29)24(30)25-15-19-5-3-6-20(13-19)16-27-12-4-11-26-27/h3-13,21H,2,14-17H2,1H3,(H,25,30). The lowest BCUT2D eigenvalue weighted by atomic mass is 10.1. The summed E-state index contributed by atoms with van der Waals surface area (Å²) in [5, 5.41) is 7.22. The van der Waals surface area contributed by atoms with Crippen molar-refractivity contribution in [1.29, 1.82) is 0 Å². The largest absolute Gasteiger partial charge is 0.352 e. The van der Waals surface area contributed by atoms with Gasteiger partial charge in [-0.05, 0) is 41.3 Å². The Labute approximate surface area is 176 Å². The Morgan fingerprint density at radius 3 is 2.63 bits per heavy atom. The molecule has 0 aliphatic carbocycles. The molecule has 1 aliphatic heterocycles. The first kappa shape index (κ1) is 19.9. The average Bonchev–Trinajstić information content (AvgIpc) is 3.42. The molecule has 1 N–H and O–H groups in total. The molecule has 4 rings (SSSR count). The van der Waals surface area contributed by atoms with Gasteiger partial charge < -0.3 is 10.2 Å². The molecule has 1 unspecified atom stereocenters. The number of nitrogens with zero attached hydrogens (tertiary/aromatic N) is 3. The van der Waals surface area contributed by atoms with E-state index < -0.39 is 0 Å². The first-order valence-corrected chi connectivity index (χ1v) is 10.3. The van der Waals surface area contributed by atoms with Crippen molar-refractivity contribution in [3.8, 4) is 0 Å². The van der Waals surface area contributed by atoms with E-state index in [9.17, 15) is 9.59 Å². The molecule has 0 bridgehead atoms. The third-order valence-corrected chi connectivity index (χ3v) is 5.51. The van der Waals surface area contributed by atoms with Gasteiger partial charge in [-0.2, -0.15) is 5.10 Å². The van der Waals surface area contributed by atoms with E-state index in [2.05, 4.69) is 23.4 Å². The Balaban J connectivity index is 1.33. The molecule has 1 atom stereocenters. The average molecular weight is 402 g/mol. The second-order valence-electron chi connectivity index (χ2n) is 7.67. The summed E-state index contributed by atoms with van der Waals surface area (Å²) in [6, 6.07) is 18.0. The smallest absolute Gasteiger partial charge is 0.227 e. The molecule has 3 aromatic rings. The predicted octanol–water partition coefficient (Wildman–Crippen LogP) is 3.16. The van der Waals surface area contributed by atoms with E-state index in [0.29, 0.717) is 19.6 Å². The van der Waals surface area contributed by atoms with Gasteiger partial charge in [-0.1, -0.05) is 43.3 Å². The van der Waals surface area contributed by atoms with E-state index in [1.54, 1.807) is 11.1 Å². The van der Waals surface area contributed by atoms with Crippen molar-refractivity contribution in [2.75, 3.05) is 11.4 Å². The molecule has 1 saturated heterocycles. The maximum atomic E-state index is 12.7. The van der Waals surface area contributed by atoms with Gasteiger partial charge >= 0.3 is 0 Å². The SMILES string of the molecule is CCc1ccc(N2CC(C(=O)NCc3cccc(Cn4cccn4)c3)CC2=O)cc1. The fourth-order valence-corrected chi connectivity index (χ4v) is 3.80. The highest BCUT2D eigenvalue weighted by Crippen LogP contribution is 2.25. The van der Waals surface area contributed by atoms with Crippen LogP contribution in [0.4, 0.5) is 5.69 Å². The Morgan fingerprint density at radius 2 is 1.90 bits per heavy atom. The van der Waals surface area contributed by atoms with E-state index in [1.807, 2.05) is 59.4 Å². The molecule has 6 heteroatoms. The molecule has 1 aliphatic rings. The summed E-state index contributed by atoms with van der Waals surface area (Å²) in [5.41, 5.74) is 4.25. The van der Waals surface area contributed by atoms with Gasteiger partial charge in [0.25, 0.3) is 0 Å². The van der Waals surface area contributed by atoms with Crippen molar-refractivity contribution in [2.45, 2.75) is 32.9 Å². The number of amides is 2. The summed E-state index contributed by atoms with van der Waals surface area (Å²) in [6.45, 7) is 3.66. The van der Waals surface area contributed by atoms with Crippen molar-refractivity contribution in [3.63, 3.8) is 0 Å². The van der Waals surface area contributed by atoms with Crippen LogP contribution in [0.5, 0.6) is 0 Å². The Hall–Kier alpha value is -3.41. The number of carbonyl (C=O) groups excluding carboxylic acids is 2. The van der Waals surface area contributed by atoms with E-state index >= 15 is 0 Å². The van der Waals surface area contributed by atoms with Crippen LogP contribution in [0.2, 0.25) is 0 Å². The topological polar surface area (TPSA) is 67.2 Å². The van der Waals surface area contributed by atoms with Crippen LogP contribution in [0.25, 0.3) is 0 Å². The zero-order chi connectivity index (χ0) is 20.9. The van der Waals surface area contributed by atoms with Crippen LogP contribution in [-0.4, -0.2) is 28.1 Å². The monoisotopic (exact) mass is 402 g/mol. The highest BCUT2D eigenvalue weighted by molar-refractivity contribution is 6.00. The third-order valence-electron chi connectivity index (χ3n) is 5.51. The first-order valence-electron chi connectivity index (χ1n) is 10.3. The summed E-state index contributed by atoms with van der Waals surface area (Å²) in [4.78, 5) is 26.8. The van der Waals surface area contributed by atoms with Crippen molar-refractivity contribution in [3.05, 3.63) is 83.7 Å². The second kappa shape index (κ2) is 8.95. The van der Waals surface area contributed by atoms with Crippen molar-refractivity contribution < 1.29 is 9.59 Å². The summed E-state index contributed by atoms with van der Waals surface area (Å²) in [5.74, 6) is -0.398. The van der Waals surface area contributed by atoms with Crippen LogP contribution in [0, 0.1) is 5.92 Å². The Kier molecular flexibility index (Phi) is 5.93. The fourth-order valence-electron chi connectivity index (χ4n) is 3.80. The van der Waals surface area contributed by atoms with Crippen LogP contribution in [0.3, 0.4) is 0 Å². The van der Waals surface area contributed by atoms with Gasteiger partial charge in [-0.15, -0.1) is 0 Å². The number of anilines is 1. The minimum Gasteiger partial charge on any atom is -0.352 e. The maximum Gasteiger partial charge on any atom is 0.227 e. The highest BCUT2D eigenvalue weighted by atomic mass is 16.2. The number of nitrogens with one attached hydrogen (secondary N) is 1. The lowest BCUT2D eigenvalue weighted by Crippen LogP contribution is -2.32. The van der Waals surface area contributed by atoms with Crippen molar-refractivity contribution in [2.24, 2.45) is 5.92 Å². The number of rotatable bonds is 7. The number of aromatic nitrogens is 2. The van der Waals surface area contributed by atoms with Crippen LogP contribution >= 0.6 is 0 Å². The normalized spacial score (nSPS) is 16.1. The van der Waals surface area contributed by atoms with E-state index in [-0.39, 0.29) is 24.2 Å². The van der Waals surface area contributed by atoms with E-state index in [0.717, 1.165) is 23.2 Å². The summed E-state index contributed by atoms with van der Waals surface area (Å²) in [6.07, 6.45) is 4.89. The molecule has 2 amide bonds. The predicted molar refractivity (Wildman–Crippen MR) is 116 cm³/mol. The molecular formula is C24H26N4O2. The second-order valence-corrected chi connectivity index (χ2v) is 7.67. The van der Waals surface area contributed by atoms with Crippen molar-refractivity contribution >= 4 is 17.5 Å². The van der Waals surface area contributed by atoms with E-state index in [1.165, 1.54) is 5.56 Å². The van der Waals surface area contributed by atoms with Crippen molar-refractivity contribution in [1.82, 2.24) is 15.1 Å². The van der Waals surface area contributed by atoms with Crippen LogP contribution in [0.15, 0.2) is 67.0 Å². The maximum absolute atomic E-state index is 12.7. The van der Waals surface area contributed by atoms with Gasteiger partial charge in [0.05, 0.1) is 12.5 Å².